The number of ketones is 1. The summed E-state index contributed by atoms with van der Waals surface area (Å²) in [5.74, 6) is 1.000. The van der Waals surface area contributed by atoms with Gasteiger partial charge in [-0.15, -0.1) is 5.10 Å². The standard InChI is InChI=1S/C37H51N5O5/c1-27(2)10-9-22-46-25-21-42-37-32-13-7-8-14-33(32)41(26-29-11-5-6-12-31(29)36(37)39-40-42)35(45)18-17-34(44)38-20-24-47-23-19-30(43)16-15-28(3)4/h5-8,11-14,27-28H,9-10,15-26H2,1-4H3,(H,38,44). The molecule has 1 aromatic heterocycles. The maximum atomic E-state index is 13.8. The summed E-state index contributed by atoms with van der Waals surface area (Å²) in [4.78, 5) is 40.1. The van der Waals surface area contributed by atoms with E-state index in [1.165, 1.54) is 0 Å². The molecule has 0 aliphatic carbocycles. The van der Waals surface area contributed by atoms with E-state index in [-0.39, 0.29) is 30.4 Å². The van der Waals surface area contributed by atoms with Crippen LogP contribution in [0.4, 0.5) is 5.69 Å². The van der Waals surface area contributed by atoms with E-state index in [1.807, 2.05) is 53.2 Å². The molecule has 2 heterocycles. The second kappa shape index (κ2) is 18.4. The van der Waals surface area contributed by atoms with Crippen LogP contribution in [0.1, 0.15) is 78.2 Å². The molecule has 254 valence electrons. The zero-order valence-corrected chi connectivity index (χ0v) is 28.5. The predicted octanol–water partition coefficient (Wildman–Crippen LogP) is 6.22. The van der Waals surface area contributed by atoms with Gasteiger partial charge in [0.05, 0.1) is 44.3 Å². The molecular weight excluding hydrogens is 594 g/mol. The van der Waals surface area contributed by atoms with Crippen molar-refractivity contribution in [2.45, 2.75) is 85.7 Å². The molecule has 10 nitrogen and oxygen atoms in total. The molecule has 2 amide bonds. The SMILES string of the molecule is CC(C)CCCOCCn1nnc2c1-c1ccccc1N(C(=O)CCC(=O)NCCOCCC(=O)CCC(C)C)Cc1ccccc1-2. The van der Waals surface area contributed by atoms with Crippen molar-refractivity contribution in [3.05, 3.63) is 54.1 Å². The van der Waals surface area contributed by atoms with Gasteiger partial charge in [0.2, 0.25) is 11.8 Å². The van der Waals surface area contributed by atoms with Gasteiger partial charge in [0.25, 0.3) is 0 Å². The summed E-state index contributed by atoms with van der Waals surface area (Å²) in [6.45, 7) is 11.7. The van der Waals surface area contributed by atoms with E-state index < -0.39 is 0 Å². The first-order chi connectivity index (χ1) is 22.7. The van der Waals surface area contributed by atoms with E-state index in [2.05, 4.69) is 43.3 Å². The first-order valence-electron chi connectivity index (χ1n) is 17.1. The summed E-state index contributed by atoms with van der Waals surface area (Å²) in [7, 11) is 0. The largest absolute Gasteiger partial charge is 0.380 e. The summed E-state index contributed by atoms with van der Waals surface area (Å²) in [5, 5.41) is 12.0. The van der Waals surface area contributed by atoms with Gasteiger partial charge in [-0.25, -0.2) is 4.68 Å². The number of Topliss-reactive ketones (excluding diaryl/α,β-unsaturated/α-hetero) is 1. The second-order valence-electron chi connectivity index (χ2n) is 13.0. The van der Waals surface area contributed by atoms with E-state index in [0.29, 0.717) is 70.7 Å². The fourth-order valence-corrected chi connectivity index (χ4v) is 5.61. The lowest BCUT2D eigenvalue weighted by molar-refractivity contribution is -0.125. The molecule has 0 saturated carbocycles. The molecule has 0 unspecified atom stereocenters. The second-order valence-corrected chi connectivity index (χ2v) is 13.0. The summed E-state index contributed by atoms with van der Waals surface area (Å²) in [6, 6.07) is 15.8. The Hall–Kier alpha value is -3.89. The smallest absolute Gasteiger partial charge is 0.227 e. The van der Waals surface area contributed by atoms with Gasteiger partial charge >= 0.3 is 0 Å². The van der Waals surface area contributed by atoms with Gasteiger partial charge in [-0.3, -0.25) is 14.4 Å². The first kappa shape index (κ1) is 36.0. The predicted molar refractivity (Wildman–Crippen MR) is 184 cm³/mol. The molecule has 10 heteroatoms. The minimum Gasteiger partial charge on any atom is -0.380 e. The fourth-order valence-electron chi connectivity index (χ4n) is 5.61. The van der Waals surface area contributed by atoms with E-state index in [4.69, 9.17) is 9.47 Å². The number of anilines is 1. The zero-order valence-electron chi connectivity index (χ0n) is 28.5. The topological polar surface area (TPSA) is 116 Å². The van der Waals surface area contributed by atoms with Crippen LogP contribution in [0.5, 0.6) is 0 Å². The molecule has 0 bridgehead atoms. The Morgan fingerprint density at radius 3 is 2.32 bits per heavy atom. The molecule has 4 rings (SSSR count). The lowest BCUT2D eigenvalue weighted by atomic mass is 9.95. The molecule has 2 aromatic carbocycles. The van der Waals surface area contributed by atoms with Crippen molar-refractivity contribution in [3.63, 3.8) is 0 Å². The fraction of sp³-hybridized carbons (Fsp3) is 0.541. The van der Waals surface area contributed by atoms with Gasteiger partial charge in [0.1, 0.15) is 11.5 Å². The van der Waals surface area contributed by atoms with Crippen molar-refractivity contribution in [1.82, 2.24) is 20.3 Å². The van der Waals surface area contributed by atoms with E-state index >= 15 is 0 Å². The number of hydrogen-bond acceptors (Lipinski definition) is 7. The van der Waals surface area contributed by atoms with Crippen LogP contribution in [-0.4, -0.2) is 65.6 Å². The molecule has 0 atom stereocenters. The number of rotatable bonds is 19. The average Bonchev–Trinajstić information content (AvgIpc) is 3.46. The molecular formula is C37H51N5O5. The number of hydrogen-bond donors (Lipinski definition) is 1. The highest BCUT2D eigenvalue weighted by atomic mass is 16.5. The van der Waals surface area contributed by atoms with Crippen LogP contribution in [-0.2, 0) is 36.9 Å². The first-order valence-corrected chi connectivity index (χ1v) is 17.1. The molecule has 0 radical (unpaired) electrons. The Bertz CT molecular complexity index is 1470. The average molecular weight is 646 g/mol. The van der Waals surface area contributed by atoms with Crippen LogP contribution in [0, 0.1) is 11.8 Å². The quantitative estimate of drug-likeness (QED) is 0.154. The maximum absolute atomic E-state index is 13.8. The van der Waals surface area contributed by atoms with Crippen molar-refractivity contribution >= 4 is 23.3 Å². The molecule has 1 aliphatic heterocycles. The lowest BCUT2D eigenvalue weighted by Gasteiger charge is -2.28. The summed E-state index contributed by atoms with van der Waals surface area (Å²) >= 11 is 0. The molecule has 0 spiro atoms. The molecule has 47 heavy (non-hydrogen) atoms. The number of carbonyl (C=O) groups is 3. The number of carbonyl (C=O) groups excluding carboxylic acids is 3. The van der Waals surface area contributed by atoms with Gasteiger partial charge < -0.3 is 19.7 Å². The highest BCUT2D eigenvalue weighted by Crippen LogP contribution is 2.41. The number of ether oxygens (including phenoxy) is 2. The highest BCUT2D eigenvalue weighted by Gasteiger charge is 2.29. The van der Waals surface area contributed by atoms with E-state index in [1.54, 1.807) is 4.90 Å². The van der Waals surface area contributed by atoms with Crippen molar-refractivity contribution in [2.24, 2.45) is 11.8 Å². The Morgan fingerprint density at radius 2 is 1.53 bits per heavy atom. The molecule has 1 N–H and O–H groups in total. The number of para-hydroxylation sites is 1. The normalized spacial score (nSPS) is 12.3. The van der Waals surface area contributed by atoms with Crippen LogP contribution in [0.3, 0.4) is 0 Å². The molecule has 3 aromatic rings. The summed E-state index contributed by atoms with van der Waals surface area (Å²) in [5.41, 5.74) is 5.12. The molecule has 0 fully saturated rings. The summed E-state index contributed by atoms with van der Waals surface area (Å²) in [6.07, 6.45) is 4.13. The van der Waals surface area contributed by atoms with Crippen molar-refractivity contribution in [3.8, 4) is 22.5 Å². The van der Waals surface area contributed by atoms with Crippen molar-refractivity contribution < 1.29 is 23.9 Å². The summed E-state index contributed by atoms with van der Waals surface area (Å²) < 4.78 is 13.3. The molecule has 1 aliphatic rings. The Balaban J connectivity index is 1.38. The van der Waals surface area contributed by atoms with Gasteiger partial charge in [0.15, 0.2) is 0 Å². The van der Waals surface area contributed by atoms with E-state index in [0.717, 1.165) is 53.0 Å². The maximum Gasteiger partial charge on any atom is 0.227 e. The van der Waals surface area contributed by atoms with E-state index in [9.17, 15) is 14.4 Å². The minimum absolute atomic E-state index is 0.0577. The Kier molecular flexibility index (Phi) is 14.1. The number of fused-ring (bicyclic) bond motifs is 5. The third-order valence-electron chi connectivity index (χ3n) is 8.26. The number of nitrogens with one attached hydrogen (secondary N) is 1. The third kappa shape index (κ3) is 10.8. The third-order valence-corrected chi connectivity index (χ3v) is 8.26. The van der Waals surface area contributed by atoms with Crippen LogP contribution in [0.15, 0.2) is 48.5 Å². The number of nitrogens with zero attached hydrogens (tertiary/aromatic N) is 4. The van der Waals surface area contributed by atoms with Crippen LogP contribution < -0.4 is 10.2 Å². The lowest BCUT2D eigenvalue weighted by Crippen LogP contribution is -2.34. The van der Waals surface area contributed by atoms with Crippen molar-refractivity contribution in [1.29, 1.82) is 0 Å². The van der Waals surface area contributed by atoms with Gasteiger partial charge in [-0.05, 0) is 42.7 Å². The zero-order chi connectivity index (χ0) is 33.6. The minimum atomic E-state index is -0.214. The Morgan fingerprint density at radius 1 is 0.809 bits per heavy atom. The molecule has 0 saturated heterocycles. The van der Waals surface area contributed by atoms with Crippen LogP contribution >= 0.6 is 0 Å². The monoisotopic (exact) mass is 645 g/mol. The van der Waals surface area contributed by atoms with Gasteiger partial charge in [-0.1, -0.05) is 75.4 Å². The number of benzene rings is 2. The van der Waals surface area contributed by atoms with Crippen LogP contribution in [0.25, 0.3) is 22.5 Å². The number of amides is 2. The van der Waals surface area contributed by atoms with Crippen molar-refractivity contribution in [2.75, 3.05) is 37.9 Å². The van der Waals surface area contributed by atoms with Gasteiger partial charge in [-0.2, -0.15) is 0 Å². The highest BCUT2D eigenvalue weighted by molar-refractivity contribution is 6.01. The van der Waals surface area contributed by atoms with Crippen LogP contribution in [0.2, 0.25) is 0 Å². The number of aromatic nitrogens is 3. The Labute approximate surface area is 279 Å². The van der Waals surface area contributed by atoms with Gasteiger partial charge in [0, 0.05) is 50.0 Å².